The molecule has 0 aliphatic rings. The molecule has 1 N–H and O–H groups in total. The van der Waals surface area contributed by atoms with Crippen molar-refractivity contribution in [3.63, 3.8) is 0 Å². The lowest BCUT2D eigenvalue weighted by Gasteiger charge is -2.18. The Morgan fingerprint density at radius 1 is 1.00 bits per heavy atom. The van der Waals surface area contributed by atoms with Gasteiger partial charge in [-0.3, -0.25) is 19.5 Å². The summed E-state index contributed by atoms with van der Waals surface area (Å²) in [5.41, 5.74) is -5.84. The number of hydrogen-bond acceptors (Lipinski definition) is 5. The number of anilines is 2. The molecule has 180 valence electrons. The molecule has 0 saturated carbocycles. The zero-order valence-corrected chi connectivity index (χ0v) is 17.9. The van der Waals surface area contributed by atoms with Crippen molar-refractivity contribution < 1.29 is 31.3 Å². The molecule has 15 heteroatoms. The highest BCUT2D eigenvalue weighted by molar-refractivity contribution is 6.31. The summed E-state index contributed by atoms with van der Waals surface area (Å²) in [4.78, 5) is 26.1. The molecule has 0 atom stereocenters. The quantitative estimate of drug-likeness (QED) is 0.240. The number of benzene rings is 2. The third-order valence-electron chi connectivity index (χ3n) is 4.40. The second-order valence-electron chi connectivity index (χ2n) is 6.73. The fourth-order valence-electron chi connectivity index (χ4n) is 2.82. The van der Waals surface area contributed by atoms with Gasteiger partial charge in [0, 0.05) is 11.1 Å². The van der Waals surface area contributed by atoms with Gasteiger partial charge in [-0.1, -0.05) is 35.3 Å². The standard InChI is InChI=1S/C19H10Cl2F6N4O3/c20-11-4-1-9(2-5-11)8-30-16(32)14(21)15(19(25,26)27)29-17(30)28-12-6-3-10(18(22,23)24)7-13(12)31(33)34/h1-7H,8H2,(H,28,29). The molecule has 0 saturated heterocycles. The summed E-state index contributed by atoms with van der Waals surface area (Å²) >= 11 is 11.4. The van der Waals surface area contributed by atoms with E-state index in [0.29, 0.717) is 27.3 Å². The Morgan fingerprint density at radius 2 is 1.62 bits per heavy atom. The van der Waals surface area contributed by atoms with Gasteiger partial charge >= 0.3 is 12.4 Å². The van der Waals surface area contributed by atoms with Crippen LogP contribution in [0.4, 0.5) is 43.7 Å². The van der Waals surface area contributed by atoms with E-state index in [9.17, 15) is 41.3 Å². The van der Waals surface area contributed by atoms with Gasteiger partial charge in [-0.15, -0.1) is 0 Å². The Labute approximate surface area is 195 Å². The van der Waals surface area contributed by atoms with Gasteiger partial charge in [0.15, 0.2) is 5.69 Å². The summed E-state index contributed by atoms with van der Waals surface area (Å²) in [5, 5.41) is 12.6. The lowest BCUT2D eigenvalue weighted by Crippen LogP contribution is -2.29. The van der Waals surface area contributed by atoms with Crippen molar-refractivity contribution in [2.24, 2.45) is 0 Å². The monoisotopic (exact) mass is 526 g/mol. The number of aromatic nitrogens is 2. The lowest BCUT2D eigenvalue weighted by molar-refractivity contribution is -0.384. The predicted octanol–water partition coefficient (Wildman–Crippen LogP) is 6.29. The summed E-state index contributed by atoms with van der Waals surface area (Å²) < 4.78 is 79.6. The Balaban J connectivity index is 2.20. The fourth-order valence-corrected chi connectivity index (χ4v) is 3.20. The summed E-state index contributed by atoms with van der Waals surface area (Å²) in [7, 11) is 0. The van der Waals surface area contributed by atoms with Crippen LogP contribution in [0.2, 0.25) is 10.0 Å². The smallest absolute Gasteiger partial charge is 0.320 e. The number of halogens is 8. The van der Waals surface area contributed by atoms with Crippen LogP contribution in [0, 0.1) is 10.1 Å². The first kappa shape index (κ1) is 25.3. The summed E-state index contributed by atoms with van der Waals surface area (Å²) in [6.45, 7) is -0.391. The summed E-state index contributed by atoms with van der Waals surface area (Å²) in [6, 6.07) is 7.10. The minimum Gasteiger partial charge on any atom is -0.320 e. The molecule has 3 rings (SSSR count). The first-order chi connectivity index (χ1) is 15.7. The Morgan fingerprint density at radius 3 is 2.15 bits per heavy atom. The van der Waals surface area contributed by atoms with Gasteiger partial charge in [0.1, 0.15) is 10.7 Å². The van der Waals surface area contributed by atoms with E-state index in [1.54, 1.807) is 0 Å². The fraction of sp³-hybridized carbons (Fsp3) is 0.158. The normalized spacial score (nSPS) is 12.0. The SMILES string of the molecule is O=c1c(Cl)c(C(F)(F)F)nc(Nc2ccc(C(F)(F)F)cc2[N+](=O)[O-])n1Cc1ccc(Cl)cc1. The highest BCUT2D eigenvalue weighted by Gasteiger charge is 2.38. The number of rotatable bonds is 5. The molecule has 0 aliphatic carbocycles. The van der Waals surface area contributed by atoms with E-state index >= 15 is 0 Å². The first-order valence-corrected chi connectivity index (χ1v) is 9.68. The van der Waals surface area contributed by atoms with Crippen molar-refractivity contribution in [3.8, 4) is 0 Å². The van der Waals surface area contributed by atoms with E-state index in [1.807, 2.05) is 0 Å². The molecule has 7 nitrogen and oxygen atoms in total. The second-order valence-corrected chi connectivity index (χ2v) is 7.54. The number of nitro benzene ring substituents is 1. The largest absolute Gasteiger partial charge is 0.435 e. The zero-order chi connectivity index (χ0) is 25.4. The molecule has 0 fully saturated rings. The summed E-state index contributed by atoms with van der Waals surface area (Å²) in [6.07, 6.45) is -10.1. The van der Waals surface area contributed by atoms with Crippen molar-refractivity contribution in [2.75, 3.05) is 5.32 Å². The number of nitrogens with zero attached hydrogens (tertiary/aromatic N) is 3. The minimum absolute atomic E-state index is 0.199. The van der Waals surface area contributed by atoms with E-state index in [1.165, 1.54) is 24.3 Å². The number of nitrogens with one attached hydrogen (secondary N) is 1. The van der Waals surface area contributed by atoms with Gasteiger partial charge in [0.2, 0.25) is 5.95 Å². The van der Waals surface area contributed by atoms with Crippen LogP contribution in [0.3, 0.4) is 0 Å². The molecule has 1 heterocycles. The van der Waals surface area contributed by atoms with E-state index in [4.69, 9.17) is 23.2 Å². The van der Waals surface area contributed by atoms with Crippen molar-refractivity contribution >= 4 is 40.5 Å². The Kier molecular flexibility index (Phi) is 6.80. The Hall–Kier alpha value is -3.32. The van der Waals surface area contributed by atoms with Gasteiger partial charge in [-0.05, 0) is 29.8 Å². The van der Waals surface area contributed by atoms with Gasteiger partial charge < -0.3 is 5.32 Å². The first-order valence-electron chi connectivity index (χ1n) is 8.93. The maximum atomic E-state index is 13.4. The van der Waals surface area contributed by atoms with Crippen LogP contribution in [0.1, 0.15) is 16.8 Å². The molecule has 34 heavy (non-hydrogen) atoms. The molecule has 0 bridgehead atoms. The van der Waals surface area contributed by atoms with E-state index < -0.39 is 63.0 Å². The molecule has 0 amide bonds. The van der Waals surface area contributed by atoms with E-state index in [0.717, 1.165) is 0 Å². The van der Waals surface area contributed by atoms with Gasteiger partial charge in [0.25, 0.3) is 11.2 Å². The molecule has 2 aromatic carbocycles. The van der Waals surface area contributed by atoms with E-state index in [-0.39, 0.29) is 6.07 Å². The third-order valence-corrected chi connectivity index (χ3v) is 5.00. The molecule has 0 spiro atoms. The molecule has 3 aromatic rings. The number of nitro groups is 1. The minimum atomic E-state index is -5.17. The molecular formula is C19H10Cl2F6N4O3. The maximum Gasteiger partial charge on any atom is 0.435 e. The van der Waals surface area contributed by atoms with Crippen LogP contribution in [0.15, 0.2) is 47.3 Å². The van der Waals surface area contributed by atoms with Crippen molar-refractivity contribution in [3.05, 3.63) is 89.8 Å². The average molecular weight is 527 g/mol. The van der Waals surface area contributed by atoms with Crippen LogP contribution in [0.25, 0.3) is 0 Å². The van der Waals surface area contributed by atoms with Crippen LogP contribution in [-0.4, -0.2) is 14.5 Å². The molecule has 0 unspecified atom stereocenters. The van der Waals surface area contributed by atoms with E-state index in [2.05, 4.69) is 10.3 Å². The highest BCUT2D eigenvalue weighted by Crippen LogP contribution is 2.37. The van der Waals surface area contributed by atoms with Crippen molar-refractivity contribution in [1.29, 1.82) is 0 Å². The van der Waals surface area contributed by atoms with Gasteiger partial charge in [0.05, 0.1) is 17.0 Å². The Bertz CT molecular complexity index is 1310. The van der Waals surface area contributed by atoms with Gasteiger partial charge in [-0.25, -0.2) is 4.98 Å². The van der Waals surface area contributed by atoms with Crippen LogP contribution >= 0.6 is 23.2 Å². The molecular weight excluding hydrogens is 517 g/mol. The zero-order valence-electron chi connectivity index (χ0n) is 16.3. The summed E-state index contributed by atoms with van der Waals surface area (Å²) in [5.74, 6) is -0.834. The van der Waals surface area contributed by atoms with Crippen LogP contribution in [0.5, 0.6) is 0 Å². The molecule has 0 radical (unpaired) electrons. The lowest BCUT2D eigenvalue weighted by atomic mass is 10.1. The topological polar surface area (TPSA) is 90.1 Å². The highest BCUT2D eigenvalue weighted by atomic mass is 35.5. The molecule has 1 aromatic heterocycles. The number of alkyl halides is 6. The third kappa shape index (κ3) is 5.42. The number of hydrogen-bond donors (Lipinski definition) is 1. The average Bonchev–Trinajstić information content (AvgIpc) is 2.73. The van der Waals surface area contributed by atoms with Crippen LogP contribution in [-0.2, 0) is 18.9 Å². The maximum absolute atomic E-state index is 13.4. The molecule has 0 aliphatic heterocycles. The predicted molar refractivity (Wildman–Crippen MR) is 110 cm³/mol. The van der Waals surface area contributed by atoms with Crippen molar-refractivity contribution in [2.45, 2.75) is 18.9 Å². The van der Waals surface area contributed by atoms with Crippen LogP contribution < -0.4 is 10.9 Å². The van der Waals surface area contributed by atoms with Gasteiger partial charge in [-0.2, -0.15) is 26.3 Å². The second kappa shape index (κ2) is 9.14. The van der Waals surface area contributed by atoms with Crippen molar-refractivity contribution in [1.82, 2.24) is 9.55 Å².